The summed E-state index contributed by atoms with van der Waals surface area (Å²) in [7, 11) is 0. The number of aryl methyl sites for hydroxylation is 1. The molecule has 1 aromatic heterocycles. The Morgan fingerprint density at radius 3 is 3.21 bits per heavy atom. The first-order valence-corrected chi connectivity index (χ1v) is 4.56. The van der Waals surface area contributed by atoms with Crippen LogP contribution in [0.1, 0.15) is 12.2 Å². The summed E-state index contributed by atoms with van der Waals surface area (Å²) in [5.74, 6) is 0.0571. The first kappa shape index (κ1) is 9.14. The number of nitrogens with zero attached hydrogens (tertiary/aromatic N) is 4. The van der Waals surface area contributed by atoms with Gasteiger partial charge in [0, 0.05) is 13.1 Å². The topological polar surface area (TPSA) is 71.2 Å². The zero-order valence-electron chi connectivity index (χ0n) is 7.76. The highest BCUT2D eigenvalue weighted by Gasteiger charge is 2.17. The minimum absolute atomic E-state index is 0.0762. The summed E-state index contributed by atoms with van der Waals surface area (Å²) < 4.78 is 1.97. The van der Waals surface area contributed by atoms with E-state index >= 15 is 0 Å². The zero-order valence-corrected chi connectivity index (χ0v) is 7.76. The molecular weight excluding hydrogens is 184 g/mol. The van der Waals surface area contributed by atoms with E-state index in [0.29, 0.717) is 6.54 Å². The Kier molecular flexibility index (Phi) is 2.45. The lowest BCUT2D eigenvalue weighted by atomic mass is 10.4. The van der Waals surface area contributed by atoms with Gasteiger partial charge in [-0.25, -0.2) is 0 Å². The Morgan fingerprint density at radius 1 is 1.57 bits per heavy atom. The monoisotopic (exact) mass is 196 g/mol. The van der Waals surface area contributed by atoms with Gasteiger partial charge >= 0.3 is 5.97 Å². The predicted molar refractivity (Wildman–Crippen MR) is 47.6 cm³/mol. The number of aliphatic carboxylic acids is 1. The SMILES string of the molecule is O=C(O)CN1CCCn2cnnc2C1. The average Bonchev–Trinajstić information content (AvgIpc) is 2.44. The van der Waals surface area contributed by atoms with Gasteiger partial charge in [0.05, 0.1) is 13.1 Å². The van der Waals surface area contributed by atoms with Crippen LogP contribution in [0, 0.1) is 0 Å². The Hall–Kier alpha value is -1.43. The van der Waals surface area contributed by atoms with E-state index < -0.39 is 5.97 Å². The van der Waals surface area contributed by atoms with Crippen LogP contribution in [0.3, 0.4) is 0 Å². The van der Waals surface area contributed by atoms with E-state index in [9.17, 15) is 4.79 Å². The molecule has 6 nitrogen and oxygen atoms in total. The van der Waals surface area contributed by atoms with Gasteiger partial charge in [-0.05, 0) is 6.42 Å². The number of rotatable bonds is 2. The van der Waals surface area contributed by atoms with Crippen molar-refractivity contribution >= 4 is 5.97 Å². The summed E-state index contributed by atoms with van der Waals surface area (Å²) in [4.78, 5) is 12.4. The molecule has 0 radical (unpaired) electrons. The van der Waals surface area contributed by atoms with Crippen LogP contribution in [0.15, 0.2) is 6.33 Å². The molecule has 2 rings (SSSR count). The lowest BCUT2D eigenvalue weighted by Gasteiger charge is -2.15. The predicted octanol–water partition coefficient (Wildman–Crippen LogP) is -0.432. The highest BCUT2D eigenvalue weighted by atomic mass is 16.4. The molecular formula is C8H12N4O2. The van der Waals surface area contributed by atoms with Gasteiger partial charge in [-0.3, -0.25) is 9.69 Å². The molecule has 0 atom stereocenters. The Balaban J connectivity index is 2.08. The molecule has 14 heavy (non-hydrogen) atoms. The molecule has 0 amide bonds. The van der Waals surface area contributed by atoms with E-state index in [2.05, 4.69) is 10.2 Å². The van der Waals surface area contributed by atoms with E-state index in [0.717, 1.165) is 25.3 Å². The van der Waals surface area contributed by atoms with Crippen LogP contribution in [0.5, 0.6) is 0 Å². The standard InChI is InChI=1S/C8H12N4O2/c13-8(14)5-11-2-1-3-12-6-9-10-7(12)4-11/h6H,1-5H2,(H,13,14). The number of carboxylic acids is 1. The highest BCUT2D eigenvalue weighted by molar-refractivity contribution is 5.69. The fourth-order valence-electron chi connectivity index (χ4n) is 1.66. The lowest BCUT2D eigenvalue weighted by Crippen LogP contribution is -2.29. The van der Waals surface area contributed by atoms with Crippen molar-refractivity contribution in [3.63, 3.8) is 0 Å². The summed E-state index contributed by atoms with van der Waals surface area (Å²) in [6.45, 7) is 2.33. The third-order valence-electron chi connectivity index (χ3n) is 2.29. The number of aromatic nitrogens is 3. The van der Waals surface area contributed by atoms with Crippen LogP contribution in [0.2, 0.25) is 0 Å². The maximum absolute atomic E-state index is 10.5. The Morgan fingerprint density at radius 2 is 2.43 bits per heavy atom. The normalized spacial score (nSPS) is 17.4. The van der Waals surface area contributed by atoms with Gasteiger partial charge in [0.1, 0.15) is 12.2 Å². The molecule has 0 bridgehead atoms. The second kappa shape index (κ2) is 3.75. The Labute approximate surface area is 81.2 Å². The van der Waals surface area contributed by atoms with E-state index in [4.69, 9.17) is 5.11 Å². The molecule has 6 heteroatoms. The van der Waals surface area contributed by atoms with Crippen molar-refractivity contribution in [2.45, 2.75) is 19.5 Å². The first-order valence-electron chi connectivity index (χ1n) is 4.56. The largest absolute Gasteiger partial charge is 0.480 e. The maximum atomic E-state index is 10.5. The van der Waals surface area contributed by atoms with Crippen LogP contribution < -0.4 is 0 Å². The Bertz CT molecular complexity index is 336. The van der Waals surface area contributed by atoms with Gasteiger partial charge in [0.25, 0.3) is 0 Å². The third kappa shape index (κ3) is 1.90. The number of hydrogen-bond donors (Lipinski definition) is 1. The van der Waals surface area contributed by atoms with Crippen molar-refractivity contribution in [2.24, 2.45) is 0 Å². The van der Waals surface area contributed by atoms with Gasteiger partial charge in [0.15, 0.2) is 0 Å². The maximum Gasteiger partial charge on any atom is 0.317 e. The summed E-state index contributed by atoms with van der Waals surface area (Å²) in [5, 5.41) is 16.4. The molecule has 2 heterocycles. The summed E-state index contributed by atoms with van der Waals surface area (Å²) in [5.41, 5.74) is 0. The summed E-state index contributed by atoms with van der Waals surface area (Å²) >= 11 is 0. The van der Waals surface area contributed by atoms with Crippen molar-refractivity contribution in [1.29, 1.82) is 0 Å². The zero-order chi connectivity index (χ0) is 9.97. The minimum Gasteiger partial charge on any atom is -0.480 e. The fraction of sp³-hybridized carbons (Fsp3) is 0.625. The van der Waals surface area contributed by atoms with Gasteiger partial charge < -0.3 is 9.67 Å². The average molecular weight is 196 g/mol. The van der Waals surface area contributed by atoms with E-state index in [-0.39, 0.29) is 6.54 Å². The van der Waals surface area contributed by atoms with Gasteiger partial charge in [0.2, 0.25) is 0 Å². The molecule has 1 N–H and O–H groups in total. The highest BCUT2D eigenvalue weighted by Crippen LogP contribution is 2.08. The molecule has 0 aromatic carbocycles. The second-order valence-corrected chi connectivity index (χ2v) is 3.40. The van der Waals surface area contributed by atoms with E-state index in [1.807, 2.05) is 9.47 Å². The van der Waals surface area contributed by atoms with Gasteiger partial charge in [-0.15, -0.1) is 10.2 Å². The molecule has 0 fully saturated rings. The van der Waals surface area contributed by atoms with Crippen molar-refractivity contribution < 1.29 is 9.90 Å². The molecule has 0 unspecified atom stereocenters. The molecule has 0 saturated heterocycles. The van der Waals surface area contributed by atoms with Crippen LogP contribution in [0.4, 0.5) is 0 Å². The smallest absolute Gasteiger partial charge is 0.317 e. The van der Waals surface area contributed by atoms with Crippen molar-refractivity contribution in [1.82, 2.24) is 19.7 Å². The van der Waals surface area contributed by atoms with Crippen LogP contribution in [-0.2, 0) is 17.9 Å². The number of fused-ring (bicyclic) bond motifs is 1. The fourth-order valence-corrected chi connectivity index (χ4v) is 1.66. The molecule has 1 aliphatic heterocycles. The van der Waals surface area contributed by atoms with Gasteiger partial charge in [-0.2, -0.15) is 0 Å². The van der Waals surface area contributed by atoms with E-state index in [1.165, 1.54) is 0 Å². The van der Waals surface area contributed by atoms with E-state index in [1.54, 1.807) is 6.33 Å². The molecule has 76 valence electrons. The summed E-state index contributed by atoms with van der Waals surface area (Å²) in [6, 6.07) is 0. The molecule has 1 aliphatic rings. The number of hydrogen-bond acceptors (Lipinski definition) is 4. The second-order valence-electron chi connectivity index (χ2n) is 3.40. The summed E-state index contributed by atoms with van der Waals surface area (Å²) in [6.07, 6.45) is 2.64. The lowest BCUT2D eigenvalue weighted by molar-refractivity contribution is -0.138. The molecule has 0 aliphatic carbocycles. The van der Waals surface area contributed by atoms with Gasteiger partial charge in [-0.1, -0.05) is 0 Å². The first-order chi connectivity index (χ1) is 6.75. The number of carboxylic acid groups (broad SMARTS) is 1. The molecule has 0 spiro atoms. The molecule has 0 saturated carbocycles. The number of carbonyl (C=O) groups is 1. The van der Waals surface area contributed by atoms with Crippen LogP contribution >= 0.6 is 0 Å². The van der Waals surface area contributed by atoms with Crippen LogP contribution in [-0.4, -0.2) is 43.8 Å². The molecule has 1 aromatic rings. The van der Waals surface area contributed by atoms with Crippen molar-refractivity contribution in [3.8, 4) is 0 Å². The van der Waals surface area contributed by atoms with Crippen molar-refractivity contribution in [3.05, 3.63) is 12.2 Å². The van der Waals surface area contributed by atoms with Crippen molar-refractivity contribution in [2.75, 3.05) is 13.1 Å². The third-order valence-corrected chi connectivity index (χ3v) is 2.29. The minimum atomic E-state index is -0.794. The quantitative estimate of drug-likeness (QED) is 0.694. The van der Waals surface area contributed by atoms with Crippen LogP contribution in [0.25, 0.3) is 0 Å².